The SMILES string of the molecule is CC(N)C1CCN(C(=O)c2cncc(-c3ccccc3)c2)CC1. The Morgan fingerprint density at radius 1 is 1.17 bits per heavy atom. The van der Waals surface area contributed by atoms with Crippen LogP contribution in [0.3, 0.4) is 0 Å². The van der Waals surface area contributed by atoms with Gasteiger partial charge >= 0.3 is 0 Å². The van der Waals surface area contributed by atoms with Gasteiger partial charge in [0.1, 0.15) is 0 Å². The molecule has 1 unspecified atom stereocenters. The minimum Gasteiger partial charge on any atom is -0.339 e. The normalized spacial score (nSPS) is 17.0. The van der Waals surface area contributed by atoms with Gasteiger partial charge in [0.15, 0.2) is 0 Å². The zero-order valence-corrected chi connectivity index (χ0v) is 13.5. The molecular weight excluding hydrogens is 286 g/mol. The highest BCUT2D eigenvalue weighted by Crippen LogP contribution is 2.23. The summed E-state index contributed by atoms with van der Waals surface area (Å²) in [5.74, 6) is 0.589. The van der Waals surface area contributed by atoms with Crippen LogP contribution in [0.25, 0.3) is 11.1 Å². The van der Waals surface area contributed by atoms with Gasteiger partial charge in [-0.1, -0.05) is 30.3 Å². The average molecular weight is 309 g/mol. The van der Waals surface area contributed by atoms with Gasteiger partial charge in [-0.2, -0.15) is 0 Å². The van der Waals surface area contributed by atoms with Gasteiger partial charge in [0, 0.05) is 37.1 Å². The summed E-state index contributed by atoms with van der Waals surface area (Å²) in [4.78, 5) is 18.9. The molecule has 120 valence electrons. The van der Waals surface area contributed by atoms with E-state index in [2.05, 4.69) is 11.9 Å². The number of carbonyl (C=O) groups is 1. The number of aromatic nitrogens is 1. The molecule has 23 heavy (non-hydrogen) atoms. The van der Waals surface area contributed by atoms with Crippen molar-refractivity contribution in [1.29, 1.82) is 0 Å². The maximum Gasteiger partial charge on any atom is 0.255 e. The summed E-state index contributed by atoms with van der Waals surface area (Å²) < 4.78 is 0. The van der Waals surface area contributed by atoms with Crippen LogP contribution in [-0.2, 0) is 0 Å². The first-order valence-corrected chi connectivity index (χ1v) is 8.20. The molecule has 2 N–H and O–H groups in total. The molecule has 1 saturated heterocycles. The molecule has 0 radical (unpaired) electrons. The molecule has 3 rings (SSSR count). The number of likely N-dealkylation sites (tertiary alicyclic amines) is 1. The molecule has 1 aromatic heterocycles. The summed E-state index contributed by atoms with van der Waals surface area (Å²) in [6, 6.07) is 12.1. The number of amides is 1. The van der Waals surface area contributed by atoms with Crippen LogP contribution in [0.1, 0.15) is 30.1 Å². The van der Waals surface area contributed by atoms with E-state index < -0.39 is 0 Å². The summed E-state index contributed by atoms with van der Waals surface area (Å²) >= 11 is 0. The first-order valence-electron chi connectivity index (χ1n) is 8.20. The third-order valence-electron chi connectivity index (χ3n) is 4.66. The predicted molar refractivity (Wildman–Crippen MR) is 91.9 cm³/mol. The van der Waals surface area contributed by atoms with E-state index in [-0.39, 0.29) is 11.9 Å². The number of carbonyl (C=O) groups excluding carboxylic acids is 1. The molecule has 1 aromatic carbocycles. The van der Waals surface area contributed by atoms with E-state index in [1.54, 1.807) is 12.4 Å². The second-order valence-corrected chi connectivity index (χ2v) is 6.32. The largest absolute Gasteiger partial charge is 0.339 e. The third-order valence-corrected chi connectivity index (χ3v) is 4.66. The Balaban J connectivity index is 1.74. The van der Waals surface area contributed by atoms with E-state index in [0.29, 0.717) is 11.5 Å². The predicted octanol–water partition coefficient (Wildman–Crippen LogP) is 2.95. The van der Waals surface area contributed by atoms with Crippen LogP contribution in [0.4, 0.5) is 0 Å². The smallest absolute Gasteiger partial charge is 0.255 e. The second-order valence-electron chi connectivity index (χ2n) is 6.32. The highest BCUT2D eigenvalue weighted by molar-refractivity contribution is 5.95. The molecule has 1 amide bonds. The van der Waals surface area contributed by atoms with Gasteiger partial charge in [-0.05, 0) is 37.3 Å². The molecule has 2 heterocycles. The van der Waals surface area contributed by atoms with Crippen molar-refractivity contribution in [3.63, 3.8) is 0 Å². The summed E-state index contributed by atoms with van der Waals surface area (Å²) in [5, 5.41) is 0. The Morgan fingerprint density at radius 2 is 1.87 bits per heavy atom. The fraction of sp³-hybridized carbons (Fsp3) is 0.368. The van der Waals surface area contributed by atoms with E-state index in [1.807, 2.05) is 41.3 Å². The van der Waals surface area contributed by atoms with Crippen molar-refractivity contribution in [3.8, 4) is 11.1 Å². The van der Waals surface area contributed by atoms with Crippen LogP contribution >= 0.6 is 0 Å². The lowest BCUT2D eigenvalue weighted by molar-refractivity contribution is 0.0680. The van der Waals surface area contributed by atoms with Crippen molar-refractivity contribution in [2.45, 2.75) is 25.8 Å². The Bertz CT molecular complexity index is 661. The fourth-order valence-electron chi connectivity index (χ4n) is 3.16. The molecule has 1 atom stereocenters. The van der Waals surface area contributed by atoms with Crippen molar-refractivity contribution >= 4 is 5.91 Å². The van der Waals surface area contributed by atoms with Gasteiger partial charge in [0.05, 0.1) is 5.56 Å². The van der Waals surface area contributed by atoms with Gasteiger partial charge in [-0.3, -0.25) is 9.78 Å². The Kier molecular flexibility index (Phi) is 4.72. The highest BCUT2D eigenvalue weighted by Gasteiger charge is 2.25. The molecule has 0 bridgehead atoms. The van der Waals surface area contributed by atoms with Crippen molar-refractivity contribution in [2.75, 3.05) is 13.1 Å². The summed E-state index contributed by atoms with van der Waals surface area (Å²) in [5.41, 5.74) is 8.68. The number of nitrogens with two attached hydrogens (primary N) is 1. The summed E-state index contributed by atoms with van der Waals surface area (Å²) in [6.07, 6.45) is 5.42. The van der Waals surface area contributed by atoms with E-state index >= 15 is 0 Å². The first kappa shape index (κ1) is 15.7. The van der Waals surface area contributed by atoms with E-state index in [4.69, 9.17) is 5.73 Å². The minimum absolute atomic E-state index is 0.0680. The number of benzene rings is 1. The van der Waals surface area contributed by atoms with Crippen molar-refractivity contribution in [1.82, 2.24) is 9.88 Å². The maximum absolute atomic E-state index is 12.7. The fourth-order valence-corrected chi connectivity index (χ4v) is 3.16. The monoisotopic (exact) mass is 309 g/mol. The lowest BCUT2D eigenvalue weighted by Gasteiger charge is -2.33. The highest BCUT2D eigenvalue weighted by atomic mass is 16.2. The molecular formula is C19H23N3O. The Morgan fingerprint density at radius 3 is 2.52 bits per heavy atom. The summed E-state index contributed by atoms with van der Waals surface area (Å²) in [7, 11) is 0. The van der Waals surface area contributed by atoms with Gasteiger partial charge in [-0.25, -0.2) is 0 Å². The number of hydrogen-bond acceptors (Lipinski definition) is 3. The molecule has 4 heteroatoms. The molecule has 1 fully saturated rings. The third kappa shape index (κ3) is 3.59. The van der Waals surface area contributed by atoms with Gasteiger partial charge in [0.25, 0.3) is 5.91 Å². The van der Waals surface area contributed by atoms with E-state index in [0.717, 1.165) is 37.1 Å². The zero-order valence-electron chi connectivity index (χ0n) is 13.5. The number of piperidine rings is 1. The molecule has 0 spiro atoms. The lowest BCUT2D eigenvalue weighted by Crippen LogP contribution is -2.42. The molecule has 4 nitrogen and oxygen atoms in total. The standard InChI is InChI=1S/C19H23N3O/c1-14(20)15-7-9-22(10-8-15)19(23)18-11-17(12-21-13-18)16-5-3-2-4-6-16/h2-6,11-15H,7-10,20H2,1H3. The number of hydrogen-bond donors (Lipinski definition) is 1. The number of rotatable bonds is 3. The topological polar surface area (TPSA) is 59.2 Å². The van der Waals surface area contributed by atoms with E-state index in [1.165, 1.54) is 0 Å². The number of nitrogens with zero attached hydrogens (tertiary/aromatic N) is 2. The van der Waals surface area contributed by atoms with Crippen LogP contribution in [0.5, 0.6) is 0 Å². The second kappa shape index (κ2) is 6.92. The van der Waals surface area contributed by atoms with Crippen molar-refractivity contribution in [2.24, 2.45) is 11.7 Å². The van der Waals surface area contributed by atoms with Crippen LogP contribution < -0.4 is 5.73 Å². The molecule has 0 saturated carbocycles. The van der Waals surface area contributed by atoms with Crippen molar-refractivity contribution in [3.05, 3.63) is 54.4 Å². The quantitative estimate of drug-likeness (QED) is 0.948. The average Bonchev–Trinajstić information content (AvgIpc) is 2.62. The van der Waals surface area contributed by atoms with Gasteiger partial charge < -0.3 is 10.6 Å². The lowest BCUT2D eigenvalue weighted by atomic mass is 9.90. The van der Waals surface area contributed by atoms with Gasteiger partial charge in [-0.15, -0.1) is 0 Å². The number of pyridine rings is 1. The zero-order chi connectivity index (χ0) is 16.2. The minimum atomic E-state index is 0.0680. The molecule has 0 aliphatic carbocycles. The first-order chi connectivity index (χ1) is 11.1. The maximum atomic E-state index is 12.7. The van der Waals surface area contributed by atoms with Gasteiger partial charge in [0.2, 0.25) is 0 Å². The van der Waals surface area contributed by atoms with Crippen molar-refractivity contribution < 1.29 is 4.79 Å². The molecule has 1 aliphatic rings. The van der Waals surface area contributed by atoms with Crippen LogP contribution in [0, 0.1) is 5.92 Å². The van der Waals surface area contributed by atoms with Crippen LogP contribution in [0.15, 0.2) is 48.8 Å². The molecule has 2 aromatic rings. The van der Waals surface area contributed by atoms with Crippen LogP contribution in [0.2, 0.25) is 0 Å². The Hall–Kier alpha value is -2.20. The Labute approximate surface area is 137 Å². The summed E-state index contributed by atoms with van der Waals surface area (Å²) in [6.45, 7) is 3.61. The van der Waals surface area contributed by atoms with Crippen LogP contribution in [-0.4, -0.2) is 34.9 Å². The molecule has 1 aliphatic heterocycles. The van der Waals surface area contributed by atoms with E-state index in [9.17, 15) is 4.79 Å².